The second kappa shape index (κ2) is 7.95. The number of sulfonamides is 1. The van der Waals surface area contributed by atoms with Crippen molar-refractivity contribution in [3.63, 3.8) is 0 Å². The van der Waals surface area contributed by atoms with E-state index in [-0.39, 0.29) is 10.9 Å². The molecule has 1 fully saturated rings. The monoisotopic (exact) mass is 454 g/mol. The quantitative estimate of drug-likeness (QED) is 0.461. The van der Waals surface area contributed by atoms with Crippen molar-refractivity contribution in [2.45, 2.75) is 42.3 Å². The molecule has 160 valence electrons. The summed E-state index contributed by atoms with van der Waals surface area (Å²) in [6.45, 7) is 0. The standard InChI is InChI=1S/C24H23ClN2O3S/c25-16-12-14-17(15-13-16)31(29,30)26-20-8-5-11-23(24(20)28)27-21-9-3-1-6-18(21)19-7-2-4-10-22(19)27/h1-4,6-7,9-10,12-15,20,23-24,26,28H,5,8,11H2/t20-,23+,24+/m1/s1. The average Bonchev–Trinajstić information content (AvgIpc) is 3.10. The highest BCUT2D eigenvalue weighted by molar-refractivity contribution is 7.89. The van der Waals surface area contributed by atoms with E-state index < -0.39 is 22.2 Å². The van der Waals surface area contributed by atoms with Crippen LogP contribution in [-0.4, -0.2) is 30.2 Å². The van der Waals surface area contributed by atoms with Crippen LogP contribution in [-0.2, 0) is 10.0 Å². The third kappa shape index (κ3) is 3.64. The third-order valence-corrected chi connectivity index (χ3v) is 7.96. The maximum absolute atomic E-state index is 12.9. The topological polar surface area (TPSA) is 71.3 Å². The SMILES string of the molecule is O=S(=O)(N[C@@H]1CCC[C@H](n2c3ccccc3c3ccccc32)[C@H]1O)c1ccc(Cl)cc1. The van der Waals surface area contributed by atoms with Crippen molar-refractivity contribution in [1.29, 1.82) is 0 Å². The lowest BCUT2D eigenvalue weighted by atomic mass is 9.88. The van der Waals surface area contributed by atoms with E-state index in [1.165, 1.54) is 12.1 Å². The van der Waals surface area contributed by atoms with Gasteiger partial charge in [-0.2, -0.15) is 0 Å². The molecule has 0 amide bonds. The molecule has 1 saturated carbocycles. The number of hydrogen-bond acceptors (Lipinski definition) is 3. The van der Waals surface area contributed by atoms with Crippen molar-refractivity contribution >= 4 is 43.4 Å². The molecule has 31 heavy (non-hydrogen) atoms. The molecule has 0 radical (unpaired) electrons. The van der Waals surface area contributed by atoms with Gasteiger partial charge in [0.2, 0.25) is 10.0 Å². The Bertz CT molecular complexity index is 1300. The lowest BCUT2D eigenvalue weighted by Crippen LogP contribution is -2.49. The van der Waals surface area contributed by atoms with Crippen molar-refractivity contribution < 1.29 is 13.5 Å². The summed E-state index contributed by atoms with van der Waals surface area (Å²) in [5, 5.41) is 14.0. The highest BCUT2D eigenvalue weighted by Gasteiger charge is 2.36. The van der Waals surface area contributed by atoms with Gasteiger partial charge in [-0.3, -0.25) is 0 Å². The predicted molar refractivity (Wildman–Crippen MR) is 124 cm³/mol. The molecule has 1 aliphatic rings. The molecule has 1 heterocycles. The molecule has 0 saturated heterocycles. The number of halogens is 1. The minimum atomic E-state index is -3.76. The molecule has 3 atom stereocenters. The van der Waals surface area contributed by atoms with E-state index in [0.29, 0.717) is 11.4 Å². The Balaban J connectivity index is 1.51. The molecule has 1 aliphatic carbocycles. The van der Waals surface area contributed by atoms with E-state index in [1.54, 1.807) is 12.1 Å². The van der Waals surface area contributed by atoms with E-state index in [9.17, 15) is 13.5 Å². The molecule has 0 bridgehead atoms. The number of hydrogen-bond donors (Lipinski definition) is 2. The van der Waals surface area contributed by atoms with Crippen LogP contribution in [0, 0.1) is 0 Å². The molecular weight excluding hydrogens is 432 g/mol. The first-order chi connectivity index (χ1) is 15.0. The van der Waals surface area contributed by atoms with Crippen molar-refractivity contribution in [1.82, 2.24) is 9.29 Å². The molecule has 5 rings (SSSR count). The number of fused-ring (bicyclic) bond motifs is 3. The number of aliphatic hydroxyl groups is 1. The zero-order chi connectivity index (χ0) is 21.6. The summed E-state index contributed by atoms with van der Waals surface area (Å²) in [5.74, 6) is 0. The largest absolute Gasteiger partial charge is 0.389 e. The first kappa shape index (κ1) is 20.5. The second-order valence-corrected chi connectivity index (χ2v) is 10.2. The van der Waals surface area contributed by atoms with E-state index in [0.717, 1.165) is 34.6 Å². The molecule has 0 unspecified atom stereocenters. The number of rotatable bonds is 4. The van der Waals surface area contributed by atoms with Crippen LogP contribution in [0.2, 0.25) is 5.02 Å². The Morgan fingerprint density at radius 3 is 2.06 bits per heavy atom. The Hall–Kier alpha value is -2.38. The number of aromatic nitrogens is 1. The van der Waals surface area contributed by atoms with Crippen LogP contribution in [0.4, 0.5) is 0 Å². The minimum Gasteiger partial charge on any atom is -0.389 e. The van der Waals surface area contributed by atoms with Gasteiger partial charge in [0.25, 0.3) is 0 Å². The lowest BCUT2D eigenvalue weighted by molar-refractivity contribution is 0.0547. The number of nitrogens with one attached hydrogen (secondary N) is 1. The van der Waals surface area contributed by atoms with Crippen molar-refractivity contribution in [3.05, 3.63) is 77.8 Å². The van der Waals surface area contributed by atoms with Crippen LogP contribution in [0.3, 0.4) is 0 Å². The molecule has 4 aromatic rings. The summed E-state index contributed by atoms with van der Waals surface area (Å²) >= 11 is 5.89. The van der Waals surface area contributed by atoms with Crippen LogP contribution in [0.25, 0.3) is 21.8 Å². The summed E-state index contributed by atoms with van der Waals surface area (Å²) in [4.78, 5) is 0.142. The molecule has 5 nitrogen and oxygen atoms in total. The number of benzene rings is 3. The van der Waals surface area contributed by atoms with Crippen molar-refractivity contribution in [3.8, 4) is 0 Å². The van der Waals surface area contributed by atoms with Gasteiger partial charge >= 0.3 is 0 Å². The number of aliphatic hydroxyl groups excluding tert-OH is 1. The van der Waals surface area contributed by atoms with Crippen LogP contribution in [0.1, 0.15) is 25.3 Å². The molecule has 0 aliphatic heterocycles. The van der Waals surface area contributed by atoms with E-state index >= 15 is 0 Å². The summed E-state index contributed by atoms with van der Waals surface area (Å²) in [5.41, 5.74) is 2.10. The maximum atomic E-state index is 12.9. The fourth-order valence-electron chi connectivity index (χ4n) is 4.76. The van der Waals surface area contributed by atoms with Gasteiger partial charge in [0.1, 0.15) is 0 Å². The molecular formula is C24H23ClN2O3S. The molecule has 1 aromatic heterocycles. The fraction of sp³-hybridized carbons (Fsp3) is 0.250. The zero-order valence-corrected chi connectivity index (χ0v) is 18.4. The fourth-order valence-corrected chi connectivity index (χ4v) is 6.17. The van der Waals surface area contributed by atoms with Crippen molar-refractivity contribution in [2.24, 2.45) is 0 Å². The first-order valence-corrected chi connectivity index (χ1v) is 12.3. The average molecular weight is 455 g/mol. The van der Waals surface area contributed by atoms with Gasteiger partial charge in [0, 0.05) is 26.8 Å². The van der Waals surface area contributed by atoms with Gasteiger partial charge in [-0.25, -0.2) is 13.1 Å². The lowest BCUT2D eigenvalue weighted by Gasteiger charge is -2.36. The number of nitrogens with zero attached hydrogens (tertiary/aromatic N) is 1. The van der Waals surface area contributed by atoms with Crippen LogP contribution < -0.4 is 4.72 Å². The molecule has 0 spiro atoms. The maximum Gasteiger partial charge on any atom is 0.240 e. The highest BCUT2D eigenvalue weighted by atomic mass is 35.5. The Kier molecular flexibility index (Phi) is 5.26. The van der Waals surface area contributed by atoms with Crippen molar-refractivity contribution in [2.75, 3.05) is 0 Å². The summed E-state index contributed by atoms with van der Waals surface area (Å²) < 4.78 is 30.7. The molecule has 2 N–H and O–H groups in total. The minimum absolute atomic E-state index is 0.142. The van der Waals surface area contributed by atoms with E-state index in [1.807, 2.05) is 24.3 Å². The van der Waals surface area contributed by atoms with Crippen LogP contribution in [0.5, 0.6) is 0 Å². The second-order valence-electron chi connectivity index (χ2n) is 8.07. The molecule has 3 aromatic carbocycles. The summed E-state index contributed by atoms with van der Waals surface area (Å²) in [6.07, 6.45) is 1.33. The number of para-hydroxylation sites is 2. The smallest absolute Gasteiger partial charge is 0.240 e. The van der Waals surface area contributed by atoms with Crippen LogP contribution in [0.15, 0.2) is 77.7 Å². The van der Waals surface area contributed by atoms with Gasteiger partial charge in [-0.05, 0) is 55.7 Å². The van der Waals surface area contributed by atoms with E-state index in [4.69, 9.17) is 11.6 Å². The molecule has 7 heteroatoms. The normalized spacial score (nSPS) is 22.2. The van der Waals surface area contributed by atoms with E-state index in [2.05, 4.69) is 33.6 Å². The summed E-state index contributed by atoms with van der Waals surface area (Å²) in [7, 11) is -3.76. The third-order valence-electron chi connectivity index (χ3n) is 6.20. The Morgan fingerprint density at radius 2 is 1.45 bits per heavy atom. The van der Waals surface area contributed by atoms with Gasteiger partial charge in [0.15, 0.2) is 0 Å². The first-order valence-electron chi connectivity index (χ1n) is 10.4. The van der Waals surface area contributed by atoms with Crippen LogP contribution >= 0.6 is 11.6 Å². The van der Waals surface area contributed by atoms with Gasteiger partial charge in [0.05, 0.1) is 23.1 Å². The predicted octanol–water partition coefficient (Wildman–Crippen LogP) is 4.88. The Labute approximate surface area is 186 Å². The highest BCUT2D eigenvalue weighted by Crippen LogP contribution is 2.38. The van der Waals surface area contributed by atoms with Gasteiger partial charge in [-0.15, -0.1) is 0 Å². The van der Waals surface area contributed by atoms with Gasteiger partial charge < -0.3 is 9.67 Å². The summed E-state index contributed by atoms with van der Waals surface area (Å²) in [6, 6.07) is 21.6. The Morgan fingerprint density at radius 1 is 0.871 bits per heavy atom. The van der Waals surface area contributed by atoms with Gasteiger partial charge in [-0.1, -0.05) is 48.0 Å². The zero-order valence-electron chi connectivity index (χ0n) is 16.8.